The average Bonchev–Trinajstić information content (AvgIpc) is 3.34. The maximum atomic E-state index is 15.3. The summed E-state index contributed by atoms with van der Waals surface area (Å²) in [6.07, 6.45) is 3.10. The molecule has 2 aromatic carbocycles. The maximum absolute atomic E-state index is 15.3. The topological polar surface area (TPSA) is 121 Å². The van der Waals surface area contributed by atoms with Crippen LogP contribution in [0.4, 0.5) is 27.5 Å². The van der Waals surface area contributed by atoms with Crippen LogP contribution in [0.25, 0.3) is 23.1 Å². The molecule has 0 atom stereocenters. The molecule has 0 saturated carbocycles. The summed E-state index contributed by atoms with van der Waals surface area (Å²) in [4.78, 5) is 23.6. The van der Waals surface area contributed by atoms with Gasteiger partial charge in [0.1, 0.15) is 28.1 Å². The summed E-state index contributed by atoms with van der Waals surface area (Å²) in [7, 11) is 2.04. The number of fused-ring (bicyclic) bond motifs is 1. The van der Waals surface area contributed by atoms with Gasteiger partial charge in [-0.05, 0) is 61.7 Å². The molecule has 1 aliphatic rings. The number of benzene rings is 2. The third-order valence-corrected chi connectivity index (χ3v) is 5.94. The highest BCUT2D eigenvalue weighted by molar-refractivity contribution is 5.94. The first-order valence-electron chi connectivity index (χ1n) is 11.3. The molecule has 0 aliphatic carbocycles. The van der Waals surface area contributed by atoms with E-state index in [2.05, 4.69) is 20.2 Å². The fraction of sp³-hybridized carbons (Fsp3) is 0.200. The van der Waals surface area contributed by atoms with Crippen LogP contribution in [-0.4, -0.2) is 58.1 Å². The number of hydrogen-bond acceptors (Lipinski definition) is 9. The van der Waals surface area contributed by atoms with Gasteiger partial charge in [0, 0.05) is 37.3 Å². The number of halogens is 1. The lowest BCUT2D eigenvalue weighted by Crippen LogP contribution is -2.44. The molecule has 10 nitrogen and oxygen atoms in total. The molecule has 1 fully saturated rings. The molecule has 0 amide bonds. The molecule has 1 saturated heterocycles. The van der Waals surface area contributed by atoms with Gasteiger partial charge in [0.15, 0.2) is 5.82 Å². The molecule has 2 aromatic heterocycles. The zero-order valence-corrected chi connectivity index (χ0v) is 19.4. The van der Waals surface area contributed by atoms with Crippen molar-refractivity contribution in [3.8, 4) is 5.75 Å². The van der Waals surface area contributed by atoms with Gasteiger partial charge in [-0.3, -0.25) is 10.1 Å². The molecule has 1 aliphatic heterocycles. The van der Waals surface area contributed by atoms with Crippen LogP contribution in [0.3, 0.4) is 0 Å². The predicted octanol–water partition coefficient (Wildman–Crippen LogP) is 4.64. The Balaban J connectivity index is 1.56. The number of aromatic hydroxyl groups is 1. The van der Waals surface area contributed by atoms with E-state index in [1.807, 2.05) is 11.9 Å². The highest BCUT2D eigenvalue weighted by Crippen LogP contribution is 2.31. The molecule has 4 aromatic rings. The van der Waals surface area contributed by atoms with Crippen LogP contribution in [0.1, 0.15) is 11.6 Å². The van der Waals surface area contributed by atoms with E-state index in [0.29, 0.717) is 47.0 Å². The van der Waals surface area contributed by atoms with Crippen molar-refractivity contribution in [2.24, 2.45) is 0 Å². The van der Waals surface area contributed by atoms with Gasteiger partial charge in [0.25, 0.3) is 0 Å². The van der Waals surface area contributed by atoms with Crippen molar-refractivity contribution in [1.82, 2.24) is 14.9 Å². The van der Waals surface area contributed by atoms with Crippen molar-refractivity contribution in [2.45, 2.75) is 0 Å². The summed E-state index contributed by atoms with van der Waals surface area (Å²) in [5.74, 6) is 0.341. The van der Waals surface area contributed by atoms with Gasteiger partial charge < -0.3 is 24.6 Å². The van der Waals surface area contributed by atoms with Crippen molar-refractivity contribution >= 4 is 46.1 Å². The molecule has 0 spiro atoms. The molecular formula is C25H23FN6O4. The molecular weight excluding hydrogens is 467 g/mol. The number of anilines is 3. The summed E-state index contributed by atoms with van der Waals surface area (Å²) in [5.41, 5.74) is 1.65. The minimum atomic E-state index is -0.613. The molecule has 0 unspecified atom stereocenters. The number of phenolic OH excluding ortho intramolecular Hbond substituents is 1. The smallest absolute Gasteiger partial charge is 0.433 e. The van der Waals surface area contributed by atoms with Gasteiger partial charge in [0.05, 0.1) is 17.3 Å². The monoisotopic (exact) mass is 490 g/mol. The number of aromatic nitrogens is 2. The number of hydrogen-bond donors (Lipinski definition) is 2. The van der Waals surface area contributed by atoms with E-state index < -0.39 is 4.92 Å². The summed E-state index contributed by atoms with van der Waals surface area (Å²) >= 11 is 0. The van der Waals surface area contributed by atoms with Gasteiger partial charge in [-0.2, -0.15) is 0 Å². The summed E-state index contributed by atoms with van der Waals surface area (Å²) in [6.45, 7) is 3.07. The lowest BCUT2D eigenvalue weighted by molar-refractivity contribution is -0.402. The fourth-order valence-corrected chi connectivity index (χ4v) is 3.98. The predicted molar refractivity (Wildman–Crippen MR) is 135 cm³/mol. The van der Waals surface area contributed by atoms with E-state index in [0.717, 1.165) is 13.1 Å². The van der Waals surface area contributed by atoms with Crippen molar-refractivity contribution in [2.75, 3.05) is 43.4 Å². The SMILES string of the molecule is CN1CCN(c2cc3nc(/C=C/c4ccc([N+](=O)[O-])o4)nc(Nc4ccc(O)cc4)c3cc2F)CC1. The molecule has 2 N–H and O–H groups in total. The standard InChI is InChI=1S/C25H23FN6O4/c1-30-10-12-31(13-11-30)22-15-21-19(14-20(22)26)25(27-16-2-4-17(33)5-3-16)29-23(28-21)8-6-18-7-9-24(36-18)32(34)35/h2-9,14-15,33H,10-13H2,1H3,(H,27,28,29)/b8-6+. The Kier molecular flexibility index (Phi) is 6.21. The van der Waals surface area contributed by atoms with Crippen LogP contribution in [0, 0.1) is 15.9 Å². The van der Waals surface area contributed by atoms with Gasteiger partial charge in [-0.1, -0.05) is 0 Å². The number of nitro groups is 1. The molecule has 0 radical (unpaired) electrons. The first kappa shape index (κ1) is 23.2. The van der Waals surface area contributed by atoms with Crippen molar-refractivity contribution in [3.05, 3.63) is 76.0 Å². The normalized spacial score (nSPS) is 14.6. The number of rotatable bonds is 6. The van der Waals surface area contributed by atoms with Crippen molar-refractivity contribution < 1.29 is 18.8 Å². The number of phenols is 1. The zero-order chi connectivity index (χ0) is 25.2. The van der Waals surface area contributed by atoms with Crippen molar-refractivity contribution in [3.63, 3.8) is 0 Å². The van der Waals surface area contributed by atoms with E-state index in [1.165, 1.54) is 36.4 Å². The molecule has 5 rings (SSSR count). The number of nitrogens with one attached hydrogen (secondary N) is 1. The van der Waals surface area contributed by atoms with Gasteiger partial charge in [0.2, 0.25) is 0 Å². The Morgan fingerprint density at radius 1 is 1.08 bits per heavy atom. The van der Waals surface area contributed by atoms with E-state index in [-0.39, 0.29) is 23.2 Å². The minimum absolute atomic E-state index is 0.118. The second kappa shape index (κ2) is 9.62. The number of furan rings is 1. The van der Waals surface area contributed by atoms with Gasteiger partial charge >= 0.3 is 5.88 Å². The Morgan fingerprint density at radius 3 is 2.53 bits per heavy atom. The maximum Gasteiger partial charge on any atom is 0.433 e. The van der Waals surface area contributed by atoms with Crippen LogP contribution in [-0.2, 0) is 0 Å². The summed E-state index contributed by atoms with van der Waals surface area (Å²) in [5, 5.41) is 24.1. The highest BCUT2D eigenvalue weighted by atomic mass is 19.1. The first-order valence-corrected chi connectivity index (χ1v) is 11.3. The minimum Gasteiger partial charge on any atom is -0.508 e. The van der Waals surface area contributed by atoms with Crippen LogP contribution in [0.15, 0.2) is 52.9 Å². The summed E-state index contributed by atoms with van der Waals surface area (Å²) in [6, 6.07) is 12.3. The zero-order valence-electron chi connectivity index (χ0n) is 19.4. The van der Waals surface area contributed by atoms with E-state index >= 15 is 4.39 Å². The quantitative estimate of drug-likeness (QED) is 0.226. The highest BCUT2D eigenvalue weighted by Gasteiger charge is 2.20. The Bertz CT molecular complexity index is 1450. The van der Waals surface area contributed by atoms with Crippen LogP contribution < -0.4 is 10.2 Å². The van der Waals surface area contributed by atoms with Gasteiger partial charge in [-0.15, -0.1) is 0 Å². The third kappa shape index (κ3) is 4.96. The lowest BCUT2D eigenvalue weighted by atomic mass is 10.1. The Labute approximate surface area is 205 Å². The van der Waals surface area contributed by atoms with E-state index in [4.69, 9.17) is 4.42 Å². The van der Waals surface area contributed by atoms with Crippen LogP contribution in [0.5, 0.6) is 5.75 Å². The van der Waals surface area contributed by atoms with Crippen molar-refractivity contribution in [1.29, 1.82) is 0 Å². The number of nitrogens with zero attached hydrogens (tertiary/aromatic N) is 5. The fourth-order valence-electron chi connectivity index (χ4n) is 3.98. The molecule has 3 heterocycles. The largest absolute Gasteiger partial charge is 0.508 e. The van der Waals surface area contributed by atoms with Crippen LogP contribution >= 0.6 is 0 Å². The number of piperazine rings is 1. The molecule has 0 bridgehead atoms. The number of likely N-dealkylation sites (N-methyl/N-ethyl adjacent to an activating group) is 1. The third-order valence-electron chi connectivity index (χ3n) is 5.94. The van der Waals surface area contributed by atoms with Gasteiger partial charge in [-0.25, -0.2) is 14.4 Å². The lowest BCUT2D eigenvalue weighted by Gasteiger charge is -2.34. The second-order valence-corrected chi connectivity index (χ2v) is 8.48. The molecule has 184 valence electrons. The average molecular weight is 490 g/mol. The first-order chi connectivity index (χ1) is 17.4. The Hall–Kier alpha value is -4.51. The molecule has 36 heavy (non-hydrogen) atoms. The molecule has 11 heteroatoms. The second-order valence-electron chi connectivity index (χ2n) is 8.48. The van der Waals surface area contributed by atoms with E-state index in [1.54, 1.807) is 24.3 Å². The van der Waals surface area contributed by atoms with Crippen LogP contribution in [0.2, 0.25) is 0 Å². The van der Waals surface area contributed by atoms with E-state index in [9.17, 15) is 15.2 Å². The summed E-state index contributed by atoms with van der Waals surface area (Å²) < 4.78 is 20.4. The Morgan fingerprint density at radius 2 is 1.83 bits per heavy atom.